The van der Waals surface area contributed by atoms with Crippen molar-refractivity contribution in [1.29, 1.82) is 0 Å². The number of ether oxygens (including phenoxy) is 1. The molecule has 5 rings (SSSR count). The molecule has 0 bridgehead atoms. The molecule has 0 spiro atoms. The van der Waals surface area contributed by atoms with E-state index in [1.165, 1.54) is 6.20 Å². The molecule has 7 heteroatoms. The van der Waals surface area contributed by atoms with Crippen molar-refractivity contribution in [2.75, 3.05) is 43.1 Å². The Kier molecular flexibility index (Phi) is 5.87. The maximum absolute atomic E-state index is 13.7. The number of benzene rings is 3. The SMILES string of the molecule is COc1ccc(N2CCN(c3c(S(=O)(=O)c4ccc(C)cc4)cnc4ccccc34)CC2)cc1. The number of sulfone groups is 1. The minimum atomic E-state index is -3.73. The second kappa shape index (κ2) is 8.99. The second-order valence-electron chi connectivity index (χ2n) is 8.48. The van der Waals surface area contributed by atoms with Gasteiger partial charge >= 0.3 is 0 Å². The van der Waals surface area contributed by atoms with Crippen molar-refractivity contribution in [3.05, 3.63) is 84.6 Å². The monoisotopic (exact) mass is 473 g/mol. The molecule has 4 aromatic rings. The third-order valence-electron chi connectivity index (χ3n) is 6.37. The van der Waals surface area contributed by atoms with E-state index in [0.717, 1.165) is 46.7 Å². The van der Waals surface area contributed by atoms with Gasteiger partial charge in [-0.15, -0.1) is 0 Å². The number of anilines is 2. The largest absolute Gasteiger partial charge is 0.497 e. The van der Waals surface area contributed by atoms with Crippen molar-refractivity contribution in [3.63, 3.8) is 0 Å². The van der Waals surface area contributed by atoms with Crippen molar-refractivity contribution in [3.8, 4) is 5.75 Å². The predicted octanol–water partition coefficient (Wildman–Crippen LogP) is 4.71. The third-order valence-corrected chi connectivity index (χ3v) is 8.14. The van der Waals surface area contributed by atoms with Crippen LogP contribution in [0.15, 0.2) is 88.8 Å². The van der Waals surface area contributed by atoms with Crippen LogP contribution in [0, 0.1) is 6.92 Å². The number of pyridine rings is 1. The van der Waals surface area contributed by atoms with E-state index >= 15 is 0 Å². The molecule has 0 aliphatic carbocycles. The molecule has 0 saturated carbocycles. The van der Waals surface area contributed by atoms with Crippen molar-refractivity contribution < 1.29 is 13.2 Å². The standard InChI is InChI=1S/C27H27N3O3S/c1-20-7-13-23(14-8-20)34(31,32)26-19-28-25-6-4-3-5-24(25)27(26)30-17-15-29(16-18-30)21-9-11-22(33-2)12-10-21/h3-14,19H,15-18H2,1-2H3. The van der Waals surface area contributed by atoms with Crippen molar-refractivity contribution >= 4 is 32.1 Å². The lowest BCUT2D eigenvalue weighted by Gasteiger charge is -2.38. The van der Waals surface area contributed by atoms with Crippen molar-refractivity contribution in [2.24, 2.45) is 0 Å². The summed E-state index contributed by atoms with van der Waals surface area (Å²) < 4.78 is 32.7. The van der Waals surface area contributed by atoms with Gasteiger partial charge in [0.05, 0.1) is 23.2 Å². The molecular weight excluding hydrogens is 446 g/mol. The molecule has 3 aromatic carbocycles. The first-order valence-corrected chi connectivity index (χ1v) is 12.8. The molecular formula is C27H27N3O3S. The quantitative estimate of drug-likeness (QED) is 0.418. The van der Waals surface area contributed by atoms with Gasteiger partial charge in [-0.25, -0.2) is 8.42 Å². The molecule has 1 aliphatic heterocycles. The van der Waals surface area contributed by atoms with Gasteiger partial charge in [0.15, 0.2) is 0 Å². The van der Waals surface area contributed by atoms with E-state index in [1.54, 1.807) is 19.2 Å². The van der Waals surface area contributed by atoms with Gasteiger partial charge in [0.1, 0.15) is 10.6 Å². The summed E-state index contributed by atoms with van der Waals surface area (Å²) in [6, 6.07) is 22.8. The number of aromatic nitrogens is 1. The van der Waals surface area contributed by atoms with Crippen LogP contribution >= 0.6 is 0 Å². The number of aryl methyl sites for hydroxylation is 1. The summed E-state index contributed by atoms with van der Waals surface area (Å²) >= 11 is 0. The van der Waals surface area contributed by atoms with E-state index < -0.39 is 9.84 Å². The maximum atomic E-state index is 13.7. The van der Waals surface area contributed by atoms with Gasteiger partial charge in [-0.1, -0.05) is 35.9 Å². The van der Waals surface area contributed by atoms with Gasteiger partial charge in [-0.2, -0.15) is 0 Å². The van der Waals surface area contributed by atoms with E-state index in [9.17, 15) is 8.42 Å². The maximum Gasteiger partial charge on any atom is 0.210 e. The van der Waals surface area contributed by atoms with Crippen LogP contribution in [-0.2, 0) is 9.84 Å². The topological polar surface area (TPSA) is 62.7 Å². The fourth-order valence-corrected chi connectivity index (χ4v) is 5.89. The zero-order chi connectivity index (χ0) is 23.7. The van der Waals surface area contributed by atoms with Gasteiger partial charge in [0, 0.05) is 43.4 Å². The Morgan fingerprint density at radius 3 is 2.15 bits per heavy atom. The number of fused-ring (bicyclic) bond motifs is 1. The predicted molar refractivity (Wildman–Crippen MR) is 136 cm³/mol. The number of nitrogens with zero attached hydrogens (tertiary/aromatic N) is 3. The lowest BCUT2D eigenvalue weighted by Crippen LogP contribution is -2.47. The molecule has 34 heavy (non-hydrogen) atoms. The second-order valence-corrected chi connectivity index (χ2v) is 10.4. The number of hydrogen-bond donors (Lipinski definition) is 0. The molecule has 1 aromatic heterocycles. The fraction of sp³-hybridized carbons (Fsp3) is 0.222. The Morgan fingerprint density at radius 1 is 0.824 bits per heavy atom. The molecule has 6 nitrogen and oxygen atoms in total. The minimum absolute atomic E-state index is 0.257. The smallest absolute Gasteiger partial charge is 0.210 e. The number of rotatable bonds is 5. The van der Waals surface area contributed by atoms with Crippen LogP contribution in [-0.4, -0.2) is 46.7 Å². The summed E-state index contributed by atoms with van der Waals surface area (Å²) in [6.07, 6.45) is 1.52. The number of hydrogen-bond acceptors (Lipinski definition) is 6. The lowest BCUT2D eigenvalue weighted by molar-refractivity contribution is 0.415. The summed E-state index contributed by atoms with van der Waals surface area (Å²) in [7, 11) is -2.07. The van der Waals surface area contributed by atoms with E-state index in [-0.39, 0.29) is 9.79 Å². The highest BCUT2D eigenvalue weighted by Crippen LogP contribution is 2.36. The minimum Gasteiger partial charge on any atom is -0.497 e. The van der Waals surface area contributed by atoms with E-state index in [2.05, 4.69) is 26.9 Å². The Bertz CT molecular complexity index is 1410. The Hall–Kier alpha value is -3.58. The van der Waals surface area contributed by atoms with Gasteiger partial charge in [0.25, 0.3) is 0 Å². The summed E-state index contributed by atoms with van der Waals surface area (Å²) in [5.74, 6) is 0.830. The number of piperazine rings is 1. The molecule has 174 valence electrons. The van der Waals surface area contributed by atoms with Crippen LogP contribution in [0.1, 0.15) is 5.56 Å². The summed E-state index contributed by atoms with van der Waals surface area (Å²) in [6.45, 7) is 4.93. The van der Waals surface area contributed by atoms with Gasteiger partial charge < -0.3 is 14.5 Å². The lowest BCUT2D eigenvalue weighted by atomic mass is 10.1. The summed E-state index contributed by atoms with van der Waals surface area (Å²) in [5.41, 5.74) is 3.68. The number of para-hydroxylation sites is 1. The molecule has 0 unspecified atom stereocenters. The first kappa shape index (κ1) is 22.2. The van der Waals surface area contributed by atoms with Crippen molar-refractivity contribution in [1.82, 2.24) is 4.98 Å². The molecule has 0 amide bonds. The molecule has 0 radical (unpaired) electrons. The zero-order valence-corrected chi connectivity index (χ0v) is 20.1. The van der Waals surface area contributed by atoms with Crippen LogP contribution in [0.25, 0.3) is 10.9 Å². The van der Waals surface area contributed by atoms with Crippen LogP contribution in [0.2, 0.25) is 0 Å². The molecule has 0 atom stereocenters. The molecule has 1 saturated heterocycles. The first-order chi connectivity index (χ1) is 16.5. The highest BCUT2D eigenvalue weighted by Gasteiger charge is 2.28. The Balaban J connectivity index is 1.52. The van der Waals surface area contributed by atoms with Gasteiger partial charge in [-0.3, -0.25) is 4.98 Å². The van der Waals surface area contributed by atoms with Crippen LogP contribution < -0.4 is 14.5 Å². The van der Waals surface area contributed by atoms with Gasteiger partial charge in [-0.05, 0) is 49.4 Å². The molecule has 2 heterocycles. The summed E-state index contributed by atoms with van der Waals surface area (Å²) in [4.78, 5) is 9.54. The van der Waals surface area contributed by atoms with E-state index in [1.807, 2.05) is 55.5 Å². The van der Waals surface area contributed by atoms with Crippen LogP contribution in [0.4, 0.5) is 11.4 Å². The zero-order valence-electron chi connectivity index (χ0n) is 19.3. The highest BCUT2D eigenvalue weighted by molar-refractivity contribution is 7.91. The first-order valence-electron chi connectivity index (χ1n) is 11.3. The van der Waals surface area contributed by atoms with E-state index in [0.29, 0.717) is 13.1 Å². The normalized spacial score (nSPS) is 14.4. The average molecular weight is 474 g/mol. The van der Waals surface area contributed by atoms with Crippen molar-refractivity contribution in [2.45, 2.75) is 16.7 Å². The fourth-order valence-electron chi connectivity index (χ4n) is 4.46. The van der Waals surface area contributed by atoms with Gasteiger partial charge in [0.2, 0.25) is 9.84 Å². The molecule has 1 fully saturated rings. The van der Waals surface area contributed by atoms with Crippen LogP contribution in [0.5, 0.6) is 5.75 Å². The summed E-state index contributed by atoms with van der Waals surface area (Å²) in [5, 5.41) is 0.855. The Labute approximate surface area is 200 Å². The molecule has 1 aliphatic rings. The Morgan fingerprint density at radius 2 is 1.47 bits per heavy atom. The molecule has 0 N–H and O–H groups in total. The van der Waals surface area contributed by atoms with E-state index in [4.69, 9.17) is 4.74 Å². The average Bonchev–Trinajstić information content (AvgIpc) is 2.88. The third kappa shape index (κ3) is 4.07. The van der Waals surface area contributed by atoms with Crippen LogP contribution in [0.3, 0.4) is 0 Å². The highest BCUT2D eigenvalue weighted by atomic mass is 32.2. The number of methoxy groups -OCH3 is 1.